The van der Waals surface area contributed by atoms with Crippen LogP contribution in [0.3, 0.4) is 0 Å². The summed E-state index contributed by atoms with van der Waals surface area (Å²) in [7, 11) is 0. The van der Waals surface area contributed by atoms with Gasteiger partial charge in [-0.15, -0.1) is 10.2 Å². The minimum Gasteiger partial charge on any atom is -0.461 e. The predicted molar refractivity (Wildman–Crippen MR) is 97.7 cm³/mol. The van der Waals surface area contributed by atoms with E-state index in [1.165, 1.54) is 22.7 Å². The van der Waals surface area contributed by atoms with Crippen LogP contribution in [0.1, 0.15) is 18.5 Å². The standard InChI is InChI=1S/C17H17N5O4S/c1-10(11-4-5-12-14(7-11)26-9-25-12)19-15(23)8-27-17-21-20-16(22(17)18)13-3-2-6-24-13/h2-7,10H,8-9,18H2,1H3,(H,19,23)/t10-/m1/s1. The molecule has 1 atom stereocenters. The fraction of sp³-hybridized carbons (Fsp3) is 0.235. The third-order valence-corrected chi connectivity index (χ3v) is 4.96. The van der Waals surface area contributed by atoms with Crippen molar-refractivity contribution in [2.75, 3.05) is 18.4 Å². The number of rotatable bonds is 6. The Labute approximate surface area is 158 Å². The average Bonchev–Trinajstić information content (AvgIpc) is 3.40. The van der Waals surface area contributed by atoms with Gasteiger partial charge in [-0.2, -0.15) is 0 Å². The van der Waals surface area contributed by atoms with Gasteiger partial charge in [-0.1, -0.05) is 17.8 Å². The molecule has 140 valence electrons. The van der Waals surface area contributed by atoms with Crippen molar-refractivity contribution in [1.82, 2.24) is 20.2 Å². The summed E-state index contributed by atoms with van der Waals surface area (Å²) in [4.78, 5) is 12.3. The first-order valence-corrected chi connectivity index (χ1v) is 9.16. The van der Waals surface area contributed by atoms with Crippen molar-refractivity contribution in [3.8, 4) is 23.1 Å². The number of carbonyl (C=O) groups is 1. The van der Waals surface area contributed by atoms with Crippen molar-refractivity contribution in [3.63, 3.8) is 0 Å². The van der Waals surface area contributed by atoms with Gasteiger partial charge in [0.15, 0.2) is 17.3 Å². The van der Waals surface area contributed by atoms with Crippen LogP contribution in [0, 0.1) is 0 Å². The van der Waals surface area contributed by atoms with E-state index in [0.717, 1.165) is 5.56 Å². The number of nitrogens with zero attached hydrogens (tertiary/aromatic N) is 3. The number of ether oxygens (including phenoxy) is 2. The number of thioether (sulfide) groups is 1. The zero-order chi connectivity index (χ0) is 18.8. The van der Waals surface area contributed by atoms with E-state index in [4.69, 9.17) is 19.7 Å². The van der Waals surface area contributed by atoms with Gasteiger partial charge in [0.05, 0.1) is 18.1 Å². The normalized spacial score (nSPS) is 13.5. The van der Waals surface area contributed by atoms with E-state index in [2.05, 4.69) is 15.5 Å². The maximum Gasteiger partial charge on any atom is 0.231 e. The van der Waals surface area contributed by atoms with Crippen molar-refractivity contribution >= 4 is 17.7 Å². The van der Waals surface area contributed by atoms with E-state index >= 15 is 0 Å². The molecule has 27 heavy (non-hydrogen) atoms. The van der Waals surface area contributed by atoms with Gasteiger partial charge < -0.3 is 25.1 Å². The molecule has 0 unspecified atom stereocenters. The lowest BCUT2D eigenvalue weighted by molar-refractivity contribution is -0.119. The molecule has 0 bridgehead atoms. The molecule has 1 aliphatic heterocycles. The lowest BCUT2D eigenvalue weighted by Crippen LogP contribution is -2.28. The van der Waals surface area contributed by atoms with Crippen molar-refractivity contribution < 1.29 is 18.7 Å². The molecule has 9 nitrogen and oxygen atoms in total. The fourth-order valence-corrected chi connectivity index (χ4v) is 3.30. The van der Waals surface area contributed by atoms with Gasteiger partial charge in [0, 0.05) is 0 Å². The Balaban J connectivity index is 1.35. The maximum atomic E-state index is 12.3. The number of nitrogens with two attached hydrogens (primary N) is 1. The van der Waals surface area contributed by atoms with Crippen LogP contribution in [0.15, 0.2) is 46.2 Å². The van der Waals surface area contributed by atoms with Gasteiger partial charge in [0.1, 0.15) is 0 Å². The molecule has 4 rings (SSSR count). The first-order valence-electron chi connectivity index (χ1n) is 8.18. The number of benzene rings is 1. The molecule has 0 saturated carbocycles. The Morgan fingerprint density at radius 3 is 3.00 bits per heavy atom. The minimum atomic E-state index is -0.179. The number of hydrogen-bond acceptors (Lipinski definition) is 8. The highest BCUT2D eigenvalue weighted by Crippen LogP contribution is 2.34. The average molecular weight is 387 g/mol. The number of aromatic nitrogens is 3. The highest BCUT2D eigenvalue weighted by Gasteiger charge is 2.18. The molecule has 1 aliphatic rings. The van der Waals surface area contributed by atoms with Gasteiger partial charge >= 0.3 is 0 Å². The zero-order valence-corrected chi connectivity index (χ0v) is 15.2. The Morgan fingerprint density at radius 2 is 2.19 bits per heavy atom. The number of furan rings is 1. The fourth-order valence-electron chi connectivity index (χ4n) is 2.63. The lowest BCUT2D eigenvalue weighted by Gasteiger charge is -2.14. The van der Waals surface area contributed by atoms with Crippen molar-refractivity contribution in [2.45, 2.75) is 18.1 Å². The maximum absolute atomic E-state index is 12.3. The van der Waals surface area contributed by atoms with E-state index in [-0.39, 0.29) is 24.5 Å². The molecule has 0 radical (unpaired) electrons. The molecule has 3 aromatic rings. The van der Waals surface area contributed by atoms with Crippen LogP contribution in [0.5, 0.6) is 11.5 Å². The second-order valence-corrected chi connectivity index (χ2v) is 6.79. The Bertz CT molecular complexity index is 956. The van der Waals surface area contributed by atoms with E-state index in [1.54, 1.807) is 12.1 Å². The van der Waals surface area contributed by atoms with E-state index in [1.807, 2.05) is 25.1 Å². The summed E-state index contributed by atoms with van der Waals surface area (Å²) in [5, 5.41) is 11.4. The van der Waals surface area contributed by atoms with Crippen LogP contribution in [-0.4, -0.2) is 33.3 Å². The quantitative estimate of drug-likeness (QED) is 0.487. The zero-order valence-electron chi connectivity index (χ0n) is 14.4. The molecule has 0 fully saturated rings. The predicted octanol–water partition coefficient (Wildman–Crippen LogP) is 1.95. The second-order valence-electron chi connectivity index (χ2n) is 5.84. The SMILES string of the molecule is C[C@@H](NC(=O)CSc1nnc(-c2ccco2)n1N)c1ccc2c(c1)OCO2. The minimum absolute atomic E-state index is 0.146. The van der Waals surface area contributed by atoms with Crippen LogP contribution < -0.4 is 20.6 Å². The van der Waals surface area contributed by atoms with Crippen molar-refractivity contribution in [1.29, 1.82) is 0 Å². The molecule has 3 N–H and O–H groups in total. The number of fused-ring (bicyclic) bond motifs is 1. The summed E-state index contributed by atoms with van der Waals surface area (Å²) >= 11 is 1.20. The Hall–Kier alpha value is -3.14. The largest absolute Gasteiger partial charge is 0.461 e. The molecule has 1 amide bonds. The Kier molecular flexibility index (Phi) is 4.63. The molecule has 3 heterocycles. The Morgan fingerprint density at radius 1 is 1.33 bits per heavy atom. The number of nitrogens with one attached hydrogen (secondary N) is 1. The van der Waals surface area contributed by atoms with Gasteiger partial charge in [-0.25, -0.2) is 4.68 Å². The highest BCUT2D eigenvalue weighted by atomic mass is 32.2. The number of carbonyl (C=O) groups excluding carboxylic acids is 1. The molecule has 2 aromatic heterocycles. The van der Waals surface area contributed by atoms with Crippen LogP contribution in [0.4, 0.5) is 0 Å². The molecule has 0 aliphatic carbocycles. The van der Waals surface area contributed by atoms with Crippen LogP contribution >= 0.6 is 11.8 Å². The third-order valence-electron chi connectivity index (χ3n) is 4.01. The van der Waals surface area contributed by atoms with Crippen LogP contribution in [0.25, 0.3) is 11.6 Å². The topological polar surface area (TPSA) is 117 Å². The first-order chi connectivity index (χ1) is 13.1. The molecule has 0 saturated heterocycles. The lowest BCUT2D eigenvalue weighted by atomic mass is 10.1. The van der Waals surface area contributed by atoms with E-state index < -0.39 is 0 Å². The van der Waals surface area contributed by atoms with E-state index in [0.29, 0.717) is 28.2 Å². The molecule has 1 aromatic carbocycles. The summed E-state index contributed by atoms with van der Waals surface area (Å²) in [6.45, 7) is 2.12. The molecule has 0 spiro atoms. The van der Waals surface area contributed by atoms with Crippen LogP contribution in [-0.2, 0) is 4.79 Å². The van der Waals surface area contributed by atoms with Gasteiger partial charge in [-0.05, 0) is 36.8 Å². The van der Waals surface area contributed by atoms with Crippen molar-refractivity contribution in [2.24, 2.45) is 0 Å². The first kappa shape index (κ1) is 17.3. The molecular weight excluding hydrogens is 370 g/mol. The van der Waals surface area contributed by atoms with Crippen molar-refractivity contribution in [3.05, 3.63) is 42.2 Å². The summed E-state index contributed by atoms with van der Waals surface area (Å²) in [6, 6.07) is 8.90. The van der Waals surface area contributed by atoms with Gasteiger partial charge in [0.2, 0.25) is 23.7 Å². The van der Waals surface area contributed by atoms with Gasteiger partial charge in [0.25, 0.3) is 0 Å². The van der Waals surface area contributed by atoms with E-state index in [9.17, 15) is 4.79 Å². The highest BCUT2D eigenvalue weighted by molar-refractivity contribution is 7.99. The molecule has 10 heteroatoms. The summed E-state index contributed by atoms with van der Waals surface area (Å²) in [5.74, 6) is 8.29. The third kappa shape index (κ3) is 3.56. The molecular formula is C17H17N5O4S. The second kappa shape index (κ2) is 7.23. The van der Waals surface area contributed by atoms with Gasteiger partial charge in [-0.3, -0.25) is 4.79 Å². The summed E-state index contributed by atoms with van der Waals surface area (Å²) in [6.07, 6.45) is 1.53. The summed E-state index contributed by atoms with van der Waals surface area (Å²) in [5.41, 5.74) is 0.930. The summed E-state index contributed by atoms with van der Waals surface area (Å²) < 4.78 is 17.2. The monoisotopic (exact) mass is 387 g/mol. The smallest absolute Gasteiger partial charge is 0.231 e. The van der Waals surface area contributed by atoms with Crippen LogP contribution in [0.2, 0.25) is 0 Å². The number of hydrogen-bond donors (Lipinski definition) is 2. The number of nitrogen functional groups attached to an aromatic ring is 1. The number of amides is 1.